The van der Waals surface area contributed by atoms with E-state index in [1.165, 1.54) is 18.7 Å². The second kappa shape index (κ2) is 3.58. The molecular weight excluding hydrogens is 273 g/mol. The Hall–Kier alpha value is -0.0900. The average molecular weight is 287 g/mol. The van der Waals surface area contributed by atoms with Crippen molar-refractivity contribution >= 4 is 22.6 Å². The second-order valence-electron chi connectivity index (χ2n) is 4.04. The van der Waals surface area contributed by atoms with E-state index in [4.69, 9.17) is 0 Å². The van der Waals surface area contributed by atoms with Crippen molar-refractivity contribution in [3.63, 3.8) is 0 Å². The maximum absolute atomic E-state index is 2.54. The molecule has 0 N–H and O–H groups in total. The number of halogens is 1. The molecular formula is C11H14IN. The van der Waals surface area contributed by atoms with Gasteiger partial charge in [-0.1, -0.05) is 52.9 Å². The molecule has 1 aliphatic heterocycles. The van der Waals surface area contributed by atoms with Crippen molar-refractivity contribution in [2.45, 2.75) is 16.9 Å². The molecule has 70 valence electrons. The third-order valence-corrected chi connectivity index (χ3v) is 3.04. The minimum atomic E-state index is 0.520. The molecule has 1 fully saturated rings. The van der Waals surface area contributed by atoms with Crippen molar-refractivity contribution in [1.29, 1.82) is 0 Å². The minimum absolute atomic E-state index is 0.520. The van der Waals surface area contributed by atoms with Gasteiger partial charge in [0.25, 0.3) is 0 Å². The van der Waals surface area contributed by atoms with Crippen molar-refractivity contribution in [2.24, 2.45) is 0 Å². The third kappa shape index (κ3) is 2.44. The second-order valence-corrected chi connectivity index (χ2v) is 6.65. The summed E-state index contributed by atoms with van der Waals surface area (Å²) < 4.78 is 0.520. The summed E-state index contributed by atoms with van der Waals surface area (Å²) in [6.45, 7) is 5.87. The molecule has 0 amide bonds. The molecule has 0 radical (unpaired) electrons. The maximum Gasteiger partial charge on any atom is 0.0448 e. The molecule has 0 spiro atoms. The highest BCUT2D eigenvalue weighted by atomic mass is 127. The van der Waals surface area contributed by atoms with Gasteiger partial charge in [0.15, 0.2) is 0 Å². The zero-order chi connectivity index (χ0) is 9.31. The Balaban J connectivity index is 1.88. The largest absolute Gasteiger partial charge is 0.296 e. The van der Waals surface area contributed by atoms with Gasteiger partial charge in [-0.2, -0.15) is 0 Å². The number of hydrogen-bond acceptors (Lipinski definition) is 1. The monoisotopic (exact) mass is 287 g/mol. The van der Waals surface area contributed by atoms with Crippen LogP contribution in [0.1, 0.15) is 12.5 Å². The van der Waals surface area contributed by atoms with Gasteiger partial charge in [0.2, 0.25) is 0 Å². The van der Waals surface area contributed by atoms with Crippen LogP contribution in [0.4, 0.5) is 0 Å². The van der Waals surface area contributed by atoms with Crippen LogP contribution < -0.4 is 0 Å². The first-order chi connectivity index (χ1) is 6.16. The van der Waals surface area contributed by atoms with E-state index < -0.39 is 0 Å². The first-order valence-electron chi connectivity index (χ1n) is 4.61. The summed E-state index contributed by atoms with van der Waals surface area (Å²) in [6.07, 6.45) is 0. The van der Waals surface area contributed by atoms with E-state index in [0.29, 0.717) is 3.42 Å². The molecule has 0 atom stereocenters. The smallest absolute Gasteiger partial charge is 0.0448 e. The summed E-state index contributed by atoms with van der Waals surface area (Å²) in [4.78, 5) is 2.49. The highest BCUT2D eigenvalue weighted by molar-refractivity contribution is 14.1. The average Bonchev–Trinajstić information content (AvgIpc) is 2.03. The number of likely N-dealkylation sites (tertiary alicyclic amines) is 1. The van der Waals surface area contributed by atoms with Gasteiger partial charge >= 0.3 is 0 Å². The molecule has 2 heteroatoms. The first-order valence-corrected chi connectivity index (χ1v) is 5.69. The molecule has 0 saturated carbocycles. The fourth-order valence-corrected chi connectivity index (χ4v) is 2.80. The minimum Gasteiger partial charge on any atom is -0.296 e. The van der Waals surface area contributed by atoms with Crippen molar-refractivity contribution in [3.05, 3.63) is 35.9 Å². The summed E-state index contributed by atoms with van der Waals surface area (Å²) in [5, 5.41) is 0. The van der Waals surface area contributed by atoms with E-state index in [9.17, 15) is 0 Å². The van der Waals surface area contributed by atoms with Gasteiger partial charge < -0.3 is 0 Å². The number of alkyl halides is 1. The van der Waals surface area contributed by atoms with Crippen molar-refractivity contribution < 1.29 is 0 Å². The molecule has 0 bridgehead atoms. The van der Waals surface area contributed by atoms with Gasteiger partial charge in [0, 0.05) is 23.1 Å². The van der Waals surface area contributed by atoms with Gasteiger partial charge in [0.05, 0.1) is 0 Å². The molecule has 13 heavy (non-hydrogen) atoms. The van der Waals surface area contributed by atoms with Gasteiger partial charge in [-0.25, -0.2) is 0 Å². The van der Waals surface area contributed by atoms with Crippen LogP contribution in [0.3, 0.4) is 0 Å². The Morgan fingerprint density at radius 1 is 1.31 bits per heavy atom. The van der Waals surface area contributed by atoms with E-state index in [2.05, 4.69) is 64.7 Å². The van der Waals surface area contributed by atoms with Crippen LogP contribution in [0.2, 0.25) is 0 Å². The van der Waals surface area contributed by atoms with E-state index in [1.54, 1.807) is 0 Å². The molecule has 0 aromatic heterocycles. The van der Waals surface area contributed by atoms with E-state index >= 15 is 0 Å². The van der Waals surface area contributed by atoms with Gasteiger partial charge in [-0.05, 0) is 12.5 Å². The van der Waals surface area contributed by atoms with E-state index in [0.717, 1.165) is 6.54 Å². The van der Waals surface area contributed by atoms with E-state index in [-0.39, 0.29) is 0 Å². The summed E-state index contributed by atoms with van der Waals surface area (Å²) >= 11 is 2.54. The van der Waals surface area contributed by atoms with Crippen LogP contribution in [0.25, 0.3) is 0 Å². The highest BCUT2D eigenvalue weighted by Gasteiger charge is 2.35. The van der Waals surface area contributed by atoms with Crippen molar-refractivity contribution in [2.75, 3.05) is 13.1 Å². The molecule has 1 aromatic carbocycles. The zero-order valence-corrected chi connectivity index (χ0v) is 9.99. The first kappa shape index (κ1) is 9.46. The van der Waals surface area contributed by atoms with Crippen molar-refractivity contribution in [1.82, 2.24) is 4.90 Å². The fourth-order valence-electron chi connectivity index (χ4n) is 1.84. The lowest BCUT2D eigenvalue weighted by molar-refractivity contribution is 0.139. The Bertz CT molecular complexity index is 273. The van der Waals surface area contributed by atoms with Crippen LogP contribution >= 0.6 is 22.6 Å². The third-order valence-electron chi connectivity index (χ3n) is 2.36. The zero-order valence-electron chi connectivity index (χ0n) is 7.83. The summed E-state index contributed by atoms with van der Waals surface area (Å²) in [5.41, 5.74) is 1.43. The SMILES string of the molecule is CC1(I)CN(Cc2ccccc2)C1. The highest BCUT2D eigenvalue weighted by Crippen LogP contribution is 2.30. The maximum atomic E-state index is 2.54. The molecule has 1 aliphatic rings. The van der Waals surface area contributed by atoms with Gasteiger partial charge in [0.1, 0.15) is 0 Å². The van der Waals surface area contributed by atoms with E-state index in [1.807, 2.05) is 0 Å². The van der Waals surface area contributed by atoms with Crippen LogP contribution in [0, 0.1) is 0 Å². The molecule has 0 unspecified atom stereocenters. The number of benzene rings is 1. The molecule has 1 saturated heterocycles. The lowest BCUT2D eigenvalue weighted by Gasteiger charge is -2.44. The van der Waals surface area contributed by atoms with Gasteiger partial charge in [-0.3, -0.25) is 4.90 Å². The molecule has 0 aliphatic carbocycles. The number of rotatable bonds is 2. The van der Waals surface area contributed by atoms with Crippen LogP contribution in [-0.2, 0) is 6.54 Å². The van der Waals surface area contributed by atoms with Crippen LogP contribution in [0.5, 0.6) is 0 Å². The quantitative estimate of drug-likeness (QED) is 0.597. The molecule has 1 heterocycles. The predicted octanol–water partition coefficient (Wildman–Crippen LogP) is 2.70. The Labute approximate surface area is 93.3 Å². The Morgan fingerprint density at radius 3 is 2.46 bits per heavy atom. The Kier molecular flexibility index (Phi) is 2.60. The van der Waals surface area contributed by atoms with Crippen molar-refractivity contribution in [3.8, 4) is 0 Å². The molecule has 1 aromatic rings. The van der Waals surface area contributed by atoms with Crippen LogP contribution in [-0.4, -0.2) is 21.4 Å². The summed E-state index contributed by atoms with van der Waals surface area (Å²) in [5.74, 6) is 0. The topological polar surface area (TPSA) is 3.24 Å². The number of nitrogens with zero attached hydrogens (tertiary/aromatic N) is 1. The lowest BCUT2D eigenvalue weighted by Crippen LogP contribution is -2.55. The van der Waals surface area contributed by atoms with Crippen LogP contribution in [0.15, 0.2) is 30.3 Å². The summed E-state index contributed by atoms with van der Waals surface area (Å²) in [7, 11) is 0. The lowest BCUT2D eigenvalue weighted by atomic mass is 10.0. The standard InChI is InChI=1S/C11H14IN/c1-11(12)8-13(9-11)7-10-5-3-2-4-6-10/h2-6H,7-9H2,1H3. The molecule has 1 nitrogen and oxygen atoms in total. The normalized spacial score (nSPS) is 21.1. The molecule has 2 rings (SSSR count). The number of hydrogen-bond donors (Lipinski definition) is 0. The predicted molar refractivity (Wildman–Crippen MR) is 64.1 cm³/mol. The Morgan fingerprint density at radius 2 is 1.92 bits per heavy atom. The fraction of sp³-hybridized carbons (Fsp3) is 0.455. The van der Waals surface area contributed by atoms with Gasteiger partial charge in [-0.15, -0.1) is 0 Å². The summed E-state index contributed by atoms with van der Waals surface area (Å²) in [6, 6.07) is 10.7.